The first-order chi connectivity index (χ1) is 14.8. The standard InChI is InChI=1S/C23H36N2O6/c1-16(2)23(29)31-15-30-21(26)7-5-4-6-18(22(27)28)12-19-13-25(14-24-19)20-10-8-17(3)9-11-20/h13-14,16-18,20H,4-12,15H2,1-3H3,(H,27,28)/t17?,18-,20?/m0/s1. The summed E-state index contributed by atoms with van der Waals surface area (Å²) in [4.78, 5) is 39.1. The molecule has 0 unspecified atom stereocenters. The average molecular weight is 437 g/mol. The fourth-order valence-electron chi connectivity index (χ4n) is 3.84. The zero-order valence-corrected chi connectivity index (χ0v) is 18.9. The second kappa shape index (κ2) is 12.5. The lowest BCUT2D eigenvalue weighted by Gasteiger charge is -2.26. The first-order valence-electron chi connectivity index (χ1n) is 11.3. The molecule has 1 N–H and O–H groups in total. The fourth-order valence-corrected chi connectivity index (χ4v) is 3.84. The Kier molecular flexibility index (Phi) is 10.0. The van der Waals surface area contributed by atoms with Crippen molar-refractivity contribution in [1.82, 2.24) is 9.55 Å². The van der Waals surface area contributed by atoms with E-state index in [0.717, 1.165) is 24.5 Å². The zero-order valence-electron chi connectivity index (χ0n) is 18.9. The van der Waals surface area contributed by atoms with Crippen LogP contribution < -0.4 is 0 Å². The van der Waals surface area contributed by atoms with E-state index in [9.17, 15) is 19.5 Å². The van der Waals surface area contributed by atoms with Crippen LogP contribution in [0.1, 0.15) is 83.9 Å². The Morgan fingerprint density at radius 3 is 2.52 bits per heavy atom. The third-order valence-electron chi connectivity index (χ3n) is 5.94. The Morgan fingerprint density at radius 1 is 1.16 bits per heavy atom. The lowest BCUT2D eigenvalue weighted by atomic mass is 9.87. The minimum absolute atomic E-state index is 0.167. The van der Waals surface area contributed by atoms with Crippen LogP contribution in [0, 0.1) is 17.8 Å². The summed E-state index contributed by atoms with van der Waals surface area (Å²) in [7, 11) is 0. The number of aromatic nitrogens is 2. The molecule has 8 nitrogen and oxygen atoms in total. The molecule has 0 aliphatic heterocycles. The summed E-state index contributed by atoms with van der Waals surface area (Å²) in [6.07, 6.45) is 10.7. The van der Waals surface area contributed by atoms with Crippen molar-refractivity contribution in [2.45, 2.75) is 84.6 Å². The van der Waals surface area contributed by atoms with Crippen LogP contribution in [0.25, 0.3) is 0 Å². The highest BCUT2D eigenvalue weighted by Gasteiger charge is 2.22. The zero-order chi connectivity index (χ0) is 22.8. The van der Waals surface area contributed by atoms with Gasteiger partial charge in [0.25, 0.3) is 0 Å². The van der Waals surface area contributed by atoms with Gasteiger partial charge < -0.3 is 19.1 Å². The van der Waals surface area contributed by atoms with Crippen LogP contribution in [0.5, 0.6) is 0 Å². The van der Waals surface area contributed by atoms with Gasteiger partial charge in [-0.3, -0.25) is 14.4 Å². The van der Waals surface area contributed by atoms with Crippen LogP contribution in [-0.4, -0.2) is 39.4 Å². The molecule has 1 aliphatic rings. The molecular weight excluding hydrogens is 400 g/mol. The number of carbonyl (C=O) groups is 3. The molecule has 0 saturated heterocycles. The SMILES string of the molecule is CC1CCC(n2cnc(C[C@H](CCCCC(=O)OCOC(=O)C(C)C)C(=O)O)c2)CC1. The van der Waals surface area contributed by atoms with Crippen molar-refractivity contribution >= 4 is 17.9 Å². The number of carbonyl (C=O) groups excluding carboxylic acids is 2. The number of nitrogens with zero attached hydrogens (tertiary/aromatic N) is 2. The molecular formula is C23H36N2O6. The average Bonchev–Trinajstić information content (AvgIpc) is 3.19. The summed E-state index contributed by atoms with van der Waals surface area (Å²) in [5, 5.41) is 9.57. The molecule has 1 saturated carbocycles. The van der Waals surface area contributed by atoms with Crippen LogP contribution in [0.2, 0.25) is 0 Å². The predicted molar refractivity (Wildman–Crippen MR) is 114 cm³/mol. The smallest absolute Gasteiger partial charge is 0.311 e. The van der Waals surface area contributed by atoms with Gasteiger partial charge in [-0.05, 0) is 44.4 Å². The molecule has 0 bridgehead atoms. The van der Waals surface area contributed by atoms with Crippen LogP contribution in [0.15, 0.2) is 12.5 Å². The van der Waals surface area contributed by atoms with E-state index in [1.54, 1.807) is 13.8 Å². The Morgan fingerprint density at radius 2 is 1.87 bits per heavy atom. The fraction of sp³-hybridized carbons (Fsp3) is 0.739. The molecule has 2 rings (SSSR count). The van der Waals surface area contributed by atoms with Crippen molar-refractivity contribution in [1.29, 1.82) is 0 Å². The maximum absolute atomic E-state index is 11.7. The number of imidazole rings is 1. The summed E-state index contributed by atoms with van der Waals surface area (Å²) in [6.45, 7) is 5.30. The van der Waals surface area contributed by atoms with E-state index in [1.165, 1.54) is 12.8 Å². The molecule has 0 aromatic carbocycles. The number of aliphatic carboxylic acids is 1. The summed E-state index contributed by atoms with van der Waals surface area (Å²) in [5.74, 6) is -1.74. The summed E-state index contributed by atoms with van der Waals surface area (Å²) >= 11 is 0. The first-order valence-corrected chi connectivity index (χ1v) is 11.3. The molecule has 0 radical (unpaired) electrons. The van der Waals surface area contributed by atoms with E-state index >= 15 is 0 Å². The number of carboxylic acids is 1. The lowest BCUT2D eigenvalue weighted by molar-refractivity contribution is -0.169. The Balaban J connectivity index is 1.69. The number of unbranched alkanes of at least 4 members (excludes halogenated alkanes) is 1. The number of hydrogen-bond donors (Lipinski definition) is 1. The number of ether oxygens (including phenoxy) is 2. The summed E-state index contributed by atoms with van der Waals surface area (Å²) in [6, 6.07) is 0.464. The molecule has 1 aliphatic carbocycles. The normalized spacial score (nSPS) is 19.7. The Hall–Kier alpha value is -2.38. The second-order valence-corrected chi connectivity index (χ2v) is 8.96. The Bertz CT molecular complexity index is 721. The van der Waals surface area contributed by atoms with Gasteiger partial charge in [-0.15, -0.1) is 0 Å². The molecule has 8 heteroatoms. The molecule has 0 amide bonds. The maximum atomic E-state index is 11.7. The highest BCUT2D eigenvalue weighted by Crippen LogP contribution is 2.32. The topological polar surface area (TPSA) is 108 Å². The van der Waals surface area contributed by atoms with Gasteiger partial charge in [0.05, 0.1) is 23.9 Å². The number of rotatable bonds is 12. The highest BCUT2D eigenvalue weighted by molar-refractivity contribution is 5.72. The second-order valence-electron chi connectivity index (χ2n) is 8.96. The molecule has 1 heterocycles. The van der Waals surface area contributed by atoms with Gasteiger partial charge in [-0.25, -0.2) is 4.98 Å². The quantitative estimate of drug-likeness (QED) is 0.298. The van der Waals surface area contributed by atoms with Crippen LogP contribution in [0.4, 0.5) is 0 Å². The van der Waals surface area contributed by atoms with E-state index in [4.69, 9.17) is 9.47 Å². The van der Waals surface area contributed by atoms with Gasteiger partial charge in [0.1, 0.15) is 0 Å². The van der Waals surface area contributed by atoms with Gasteiger partial charge in [-0.1, -0.05) is 27.2 Å². The van der Waals surface area contributed by atoms with E-state index in [2.05, 4.69) is 16.5 Å². The predicted octanol–water partition coefficient (Wildman–Crippen LogP) is 4.14. The van der Waals surface area contributed by atoms with Crippen LogP contribution in [-0.2, 0) is 30.3 Å². The maximum Gasteiger partial charge on any atom is 0.311 e. The van der Waals surface area contributed by atoms with Gasteiger partial charge in [0.2, 0.25) is 6.79 Å². The molecule has 1 atom stereocenters. The largest absolute Gasteiger partial charge is 0.481 e. The van der Waals surface area contributed by atoms with E-state index in [-0.39, 0.29) is 19.1 Å². The lowest BCUT2D eigenvalue weighted by Crippen LogP contribution is -2.18. The van der Waals surface area contributed by atoms with Crippen molar-refractivity contribution in [3.8, 4) is 0 Å². The molecule has 174 valence electrons. The van der Waals surface area contributed by atoms with Crippen LogP contribution in [0.3, 0.4) is 0 Å². The minimum Gasteiger partial charge on any atom is -0.481 e. The summed E-state index contributed by atoms with van der Waals surface area (Å²) < 4.78 is 11.8. The van der Waals surface area contributed by atoms with E-state index < -0.39 is 23.8 Å². The molecule has 1 aromatic heterocycles. The van der Waals surface area contributed by atoms with Crippen molar-refractivity contribution in [3.05, 3.63) is 18.2 Å². The monoisotopic (exact) mass is 436 g/mol. The summed E-state index contributed by atoms with van der Waals surface area (Å²) in [5.41, 5.74) is 0.803. The molecule has 31 heavy (non-hydrogen) atoms. The molecule has 1 aromatic rings. The van der Waals surface area contributed by atoms with Crippen molar-refractivity contribution in [2.24, 2.45) is 17.8 Å². The first kappa shape index (κ1) is 24.9. The van der Waals surface area contributed by atoms with Crippen molar-refractivity contribution in [2.75, 3.05) is 6.79 Å². The highest BCUT2D eigenvalue weighted by atomic mass is 16.7. The van der Waals surface area contributed by atoms with Crippen LogP contribution >= 0.6 is 0 Å². The Labute approximate surface area is 184 Å². The number of hydrogen-bond acceptors (Lipinski definition) is 6. The minimum atomic E-state index is -0.843. The number of carboxylic acid groups (broad SMARTS) is 1. The third-order valence-corrected chi connectivity index (χ3v) is 5.94. The van der Waals surface area contributed by atoms with Gasteiger partial charge in [0, 0.05) is 25.1 Å². The van der Waals surface area contributed by atoms with E-state index in [1.807, 2.05) is 12.5 Å². The van der Waals surface area contributed by atoms with Gasteiger partial charge in [-0.2, -0.15) is 0 Å². The van der Waals surface area contributed by atoms with Crippen molar-refractivity contribution < 1.29 is 29.0 Å². The third kappa shape index (κ3) is 8.71. The van der Waals surface area contributed by atoms with Gasteiger partial charge in [0.15, 0.2) is 0 Å². The van der Waals surface area contributed by atoms with Crippen molar-refractivity contribution in [3.63, 3.8) is 0 Å². The van der Waals surface area contributed by atoms with Gasteiger partial charge >= 0.3 is 17.9 Å². The number of esters is 2. The molecule has 0 spiro atoms. The molecule has 1 fully saturated rings. The van der Waals surface area contributed by atoms with E-state index in [0.29, 0.717) is 31.7 Å².